The van der Waals surface area contributed by atoms with Gasteiger partial charge in [-0.25, -0.2) is 4.68 Å². The predicted molar refractivity (Wildman–Crippen MR) is 88.4 cm³/mol. The van der Waals surface area contributed by atoms with E-state index in [0.29, 0.717) is 18.9 Å². The third-order valence-corrected chi connectivity index (χ3v) is 4.02. The number of amides is 1. The molecule has 1 aliphatic rings. The maximum Gasteiger partial charge on any atom is 0.242 e. The van der Waals surface area contributed by atoms with Crippen LogP contribution in [0.5, 0.6) is 0 Å². The molecular weight excluding hydrogens is 324 g/mol. The number of morpholine rings is 1. The zero-order valence-electron chi connectivity index (χ0n) is 14.8. The highest BCUT2D eigenvalue weighted by Gasteiger charge is 2.24. The van der Waals surface area contributed by atoms with Crippen molar-refractivity contribution in [2.75, 3.05) is 13.1 Å². The largest absolute Gasteiger partial charge is 0.465 e. The molecule has 0 aliphatic carbocycles. The Morgan fingerprint density at radius 2 is 2.08 bits per heavy atom. The van der Waals surface area contributed by atoms with Crippen LogP contribution in [-0.4, -0.2) is 56.3 Å². The van der Waals surface area contributed by atoms with Crippen molar-refractivity contribution in [2.45, 2.75) is 52.6 Å². The Labute approximate surface area is 146 Å². The van der Waals surface area contributed by atoms with E-state index in [2.05, 4.69) is 39.6 Å². The molecule has 25 heavy (non-hydrogen) atoms. The highest BCUT2D eigenvalue weighted by molar-refractivity contribution is 5.75. The SMILES string of the molecule is Cc1ccc(CNC(=O)Cn2nnnc2CN2C[C@@H](C)O[C@@H](C)C2)o1. The van der Waals surface area contributed by atoms with Gasteiger partial charge in [-0.05, 0) is 43.3 Å². The lowest BCUT2D eigenvalue weighted by Crippen LogP contribution is -2.45. The molecule has 9 heteroatoms. The van der Waals surface area contributed by atoms with E-state index in [1.807, 2.05) is 19.1 Å². The van der Waals surface area contributed by atoms with Gasteiger partial charge in [-0.2, -0.15) is 0 Å². The smallest absolute Gasteiger partial charge is 0.242 e. The highest BCUT2D eigenvalue weighted by Crippen LogP contribution is 2.13. The van der Waals surface area contributed by atoms with E-state index in [9.17, 15) is 4.79 Å². The lowest BCUT2D eigenvalue weighted by Gasteiger charge is -2.34. The maximum atomic E-state index is 12.1. The van der Waals surface area contributed by atoms with Crippen LogP contribution in [0.25, 0.3) is 0 Å². The third kappa shape index (κ3) is 4.86. The highest BCUT2D eigenvalue weighted by atomic mass is 16.5. The fourth-order valence-corrected chi connectivity index (χ4v) is 3.03. The second-order valence-corrected chi connectivity index (χ2v) is 6.49. The summed E-state index contributed by atoms with van der Waals surface area (Å²) in [7, 11) is 0. The Balaban J connectivity index is 1.53. The van der Waals surface area contributed by atoms with Gasteiger partial charge in [-0.15, -0.1) is 5.10 Å². The van der Waals surface area contributed by atoms with Gasteiger partial charge in [0.25, 0.3) is 0 Å². The summed E-state index contributed by atoms with van der Waals surface area (Å²) in [6.07, 6.45) is 0.348. The molecule has 2 atom stereocenters. The van der Waals surface area contributed by atoms with Gasteiger partial charge in [0, 0.05) is 13.1 Å². The van der Waals surface area contributed by atoms with Crippen LogP contribution in [0.1, 0.15) is 31.2 Å². The van der Waals surface area contributed by atoms with Crippen LogP contribution < -0.4 is 5.32 Å². The van der Waals surface area contributed by atoms with E-state index in [1.54, 1.807) is 0 Å². The van der Waals surface area contributed by atoms with Gasteiger partial charge >= 0.3 is 0 Å². The number of ether oxygens (including phenoxy) is 1. The summed E-state index contributed by atoms with van der Waals surface area (Å²) in [5, 5.41) is 14.5. The van der Waals surface area contributed by atoms with Crippen molar-refractivity contribution in [1.29, 1.82) is 0 Å². The molecule has 0 aromatic carbocycles. The lowest BCUT2D eigenvalue weighted by atomic mass is 10.2. The summed E-state index contributed by atoms with van der Waals surface area (Å²) in [5.41, 5.74) is 0. The minimum absolute atomic E-state index is 0.0808. The van der Waals surface area contributed by atoms with E-state index in [1.165, 1.54) is 4.68 Å². The number of carbonyl (C=O) groups excluding carboxylic acids is 1. The fourth-order valence-electron chi connectivity index (χ4n) is 3.03. The van der Waals surface area contributed by atoms with E-state index in [4.69, 9.17) is 9.15 Å². The number of carbonyl (C=O) groups is 1. The van der Waals surface area contributed by atoms with Crippen LogP contribution in [-0.2, 0) is 29.2 Å². The average molecular weight is 348 g/mol. The molecule has 3 heterocycles. The second-order valence-electron chi connectivity index (χ2n) is 6.49. The summed E-state index contributed by atoms with van der Waals surface area (Å²) in [6.45, 7) is 8.63. The standard InChI is InChI=1S/C16H24N6O3/c1-11-4-5-14(25-11)6-17-16(23)10-22-15(18-19-20-22)9-21-7-12(2)24-13(3)8-21/h4-5,12-13H,6-10H2,1-3H3,(H,17,23)/t12-,13+. The monoisotopic (exact) mass is 348 g/mol. The molecule has 0 unspecified atom stereocenters. The molecule has 0 spiro atoms. The molecule has 3 rings (SSSR count). The van der Waals surface area contributed by atoms with Crippen molar-refractivity contribution >= 4 is 5.91 Å². The van der Waals surface area contributed by atoms with Gasteiger partial charge in [0.05, 0.1) is 25.3 Å². The Morgan fingerprint density at radius 1 is 1.32 bits per heavy atom. The van der Waals surface area contributed by atoms with Crippen molar-refractivity contribution in [2.24, 2.45) is 0 Å². The van der Waals surface area contributed by atoms with Crippen LogP contribution >= 0.6 is 0 Å². The Kier molecular flexibility index (Phi) is 5.44. The fraction of sp³-hybridized carbons (Fsp3) is 0.625. The molecule has 1 amide bonds. The van der Waals surface area contributed by atoms with Gasteiger partial charge in [-0.3, -0.25) is 9.69 Å². The zero-order valence-corrected chi connectivity index (χ0v) is 14.8. The molecule has 2 aromatic heterocycles. The number of hydrogen-bond donors (Lipinski definition) is 1. The van der Waals surface area contributed by atoms with Crippen molar-refractivity contribution in [3.63, 3.8) is 0 Å². The van der Waals surface area contributed by atoms with E-state index >= 15 is 0 Å². The van der Waals surface area contributed by atoms with Crippen LogP contribution in [0.15, 0.2) is 16.5 Å². The van der Waals surface area contributed by atoms with Gasteiger partial charge in [0.2, 0.25) is 5.91 Å². The van der Waals surface area contributed by atoms with E-state index in [-0.39, 0.29) is 24.7 Å². The van der Waals surface area contributed by atoms with Gasteiger partial charge < -0.3 is 14.5 Å². The molecule has 1 N–H and O–H groups in total. The summed E-state index contributed by atoms with van der Waals surface area (Å²) in [4.78, 5) is 14.4. The molecule has 2 aromatic rings. The number of hydrogen-bond acceptors (Lipinski definition) is 7. The summed E-state index contributed by atoms with van der Waals surface area (Å²) >= 11 is 0. The normalized spacial score (nSPS) is 21.4. The first kappa shape index (κ1) is 17.6. The first-order chi connectivity index (χ1) is 12.0. The van der Waals surface area contributed by atoms with Gasteiger partial charge in [-0.1, -0.05) is 0 Å². The first-order valence-corrected chi connectivity index (χ1v) is 8.44. The molecule has 1 aliphatic heterocycles. The van der Waals surface area contributed by atoms with Crippen LogP contribution in [0.4, 0.5) is 0 Å². The molecule has 0 bridgehead atoms. The molecule has 1 fully saturated rings. The maximum absolute atomic E-state index is 12.1. The molecule has 0 radical (unpaired) electrons. The van der Waals surface area contributed by atoms with Crippen molar-refractivity contribution in [1.82, 2.24) is 30.4 Å². The Hall–Kier alpha value is -2.26. The number of rotatable bonds is 6. The van der Waals surface area contributed by atoms with Gasteiger partial charge in [0.1, 0.15) is 18.1 Å². The van der Waals surface area contributed by atoms with Crippen LogP contribution in [0.2, 0.25) is 0 Å². The Bertz CT molecular complexity index is 702. The Morgan fingerprint density at radius 3 is 2.76 bits per heavy atom. The molecule has 136 valence electrons. The van der Waals surface area contributed by atoms with Gasteiger partial charge in [0.15, 0.2) is 5.82 Å². The number of furan rings is 1. The van der Waals surface area contributed by atoms with Crippen molar-refractivity contribution < 1.29 is 13.9 Å². The van der Waals surface area contributed by atoms with Crippen LogP contribution in [0.3, 0.4) is 0 Å². The van der Waals surface area contributed by atoms with Crippen molar-refractivity contribution in [3.8, 4) is 0 Å². The third-order valence-electron chi connectivity index (χ3n) is 4.02. The van der Waals surface area contributed by atoms with Crippen LogP contribution in [0, 0.1) is 6.92 Å². The molecular formula is C16H24N6O3. The summed E-state index contributed by atoms with van der Waals surface area (Å²) in [6, 6.07) is 3.71. The predicted octanol–water partition coefficient (Wildman–Crippen LogP) is 0.500. The summed E-state index contributed by atoms with van der Waals surface area (Å²) < 4.78 is 12.7. The number of tetrazole rings is 1. The van der Waals surface area contributed by atoms with Crippen molar-refractivity contribution in [3.05, 3.63) is 29.5 Å². The quantitative estimate of drug-likeness (QED) is 0.811. The average Bonchev–Trinajstić information content (AvgIpc) is 3.14. The second kappa shape index (κ2) is 7.75. The number of aryl methyl sites for hydroxylation is 1. The lowest BCUT2D eigenvalue weighted by molar-refractivity contribution is -0.122. The number of nitrogens with one attached hydrogen (secondary N) is 1. The zero-order chi connectivity index (χ0) is 17.8. The topological polar surface area (TPSA) is 98.3 Å². The molecule has 9 nitrogen and oxygen atoms in total. The number of aromatic nitrogens is 4. The number of nitrogens with zero attached hydrogens (tertiary/aromatic N) is 5. The first-order valence-electron chi connectivity index (χ1n) is 8.44. The molecule has 1 saturated heterocycles. The molecule has 0 saturated carbocycles. The minimum Gasteiger partial charge on any atom is -0.465 e. The van der Waals surface area contributed by atoms with E-state index in [0.717, 1.165) is 24.6 Å². The van der Waals surface area contributed by atoms with E-state index < -0.39 is 0 Å². The minimum atomic E-state index is -0.161. The summed E-state index contributed by atoms with van der Waals surface area (Å²) in [5.74, 6) is 2.05.